The SMILES string of the molecule is CC.CCn1c(-c2cccnc2C(C)OC)c(CC(C)(C)CN2CCCCN2C(=O)C(C)N)c2cc(N3CCOCC3)ccc21. The number of aryl methyl sites for hydroxylation is 1. The minimum atomic E-state index is -0.511. The number of methoxy groups -OCH3 is 1. The van der Waals surface area contributed by atoms with E-state index in [4.69, 9.17) is 20.2 Å². The van der Waals surface area contributed by atoms with Crippen molar-refractivity contribution >= 4 is 22.5 Å². The minimum Gasteiger partial charge on any atom is -0.378 e. The number of benzene rings is 1. The van der Waals surface area contributed by atoms with Gasteiger partial charge in [-0.15, -0.1) is 0 Å². The average molecular weight is 621 g/mol. The number of hydrogen-bond donors (Lipinski definition) is 1. The second-order valence-electron chi connectivity index (χ2n) is 12.9. The molecule has 1 aromatic carbocycles. The standard InChI is InChI=1S/C34H50N6O3.C2H6/c1-7-39-30-13-12-26(37-17-19-43-20-18-37)21-28(30)29(32(39)27-11-10-14-36-31(27)25(3)42-6)22-34(4,5)23-38-15-8-9-16-40(38)33(41)24(2)35;1-2/h10-14,21,24-25H,7-9,15-20,22-23,35H2,1-6H3;1-2H3. The second kappa shape index (κ2) is 15.5. The molecule has 0 saturated carbocycles. The highest BCUT2D eigenvalue weighted by atomic mass is 16.5. The third-order valence-electron chi connectivity index (χ3n) is 8.96. The lowest BCUT2D eigenvalue weighted by Crippen LogP contribution is -2.56. The van der Waals surface area contributed by atoms with Crippen LogP contribution in [0, 0.1) is 5.41 Å². The molecule has 2 aliphatic rings. The summed E-state index contributed by atoms with van der Waals surface area (Å²) in [5.74, 6) is 0.00230. The van der Waals surface area contributed by atoms with Gasteiger partial charge < -0.3 is 24.7 Å². The van der Waals surface area contributed by atoms with Gasteiger partial charge in [0, 0.05) is 74.7 Å². The summed E-state index contributed by atoms with van der Waals surface area (Å²) < 4.78 is 13.9. The Bertz CT molecular complexity index is 1410. The normalized spacial score (nSPS) is 17.6. The zero-order chi connectivity index (χ0) is 32.7. The summed E-state index contributed by atoms with van der Waals surface area (Å²) in [6, 6.07) is 10.6. The number of rotatable bonds is 10. The van der Waals surface area contributed by atoms with Crippen LogP contribution in [0.15, 0.2) is 36.5 Å². The summed E-state index contributed by atoms with van der Waals surface area (Å²) in [5.41, 5.74) is 13.0. The van der Waals surface area contributed by atoms with Gasteiger partial charge in [0.15, 0.2) is 0 Å². The molecule has 0 aliphatic carbocycles. The molecule has 9 nitrogen and oxygen atoms in total. The first-order valence-corrected chi connectivity index (χ1v) is 16.9. The van der Waals surface area contributed by atoms with Crippen molar-refractivity contribution in [3.8, 4) is 11.3 Å². The fourth-order valence-corrected chi connectivity index (χ4v) is 6.79. The maximum atomic E-state index is 13.0. The Morgan fingerprint density at radius 1 is 1.09 bits per heavy atom. The summed E-state index contributed by atoms with van der Waals surface area (Å²) in [5, 5.41) is 5.42. The molecule has 2 aliphatic heterocycles. The van der Waals surface area contributed by atoms with E-state index in [1.165, 1.54) is 27.8 Å². The van der Waals surface area contributed by atoms with Crippen molar-refractivity contribution in [2.45, 2.75) is 86.4 Å². The van der Waals surface area contributed by atoms with Crippen LogP contribution in [-0.2, 0) is 27.2 Å². The van der Waals surface area contributed by atoms with E-state index in [1.807, 2.05) is 31.1 Å². The summed E-state index contributed by atoms with van der Waals surface area (Å²) in [4.78, 5) is 20.3. The van der Waals surface area contributed by atoms with Crippen LogP contribution in [0.4, 0.5) is 5.69 Å². The van der Waals surface area contributed by atoms with Crippen molar-refractivity contribution < 1.29 is 14.3 Å². The maximum absolute atomic E-state index is 13.0. The molecule has 248 valence electrons. The van der Waals surface area contributed by atoms with Crippen molar-refractivity contribution in [2.75, 3.05) is 57.9 Å². The molecule has 2 unspecified atom stereocenters. The number of nitrogens with zero attached hydrogens (tertiary/aromatic N) is 5. The van der Waals surface area contributed by atoms with Gasteiger partial charge in [-0.25, -0.2) is 5.01 Å². The third kappa shape index (κ3) is 7.71. The van der Waals surface area contributed by atoms with E-state index in [0.29, 0.717) is 0 Å². The number of hydrazine groups is 1. The van der Waals surface area contributed by atoms with Crippen LogP contribution in [0.3, 0.4) is 0 Å². The lowest BCUT2D eigenvalue weighted by molar-refractivity contribution is -0.157. The molecule has 1 amide bonds. The summed E-state index contributed by atoms with van der Waals surface area (Å²) in [6.45, 7) is 21.2. The van der Waals surface area contributed by atoms with Crippen molar-refractivity contribution in [1.82, 2.24) is 19.6 Å². The van der Waals surface area contributed by atoms with Gasteiger partial charge in [0.2, 0.25) is 0 Å². The lowest BCUT2D eigenvalue weighted by atomic mass is 9.83. The quantitative estimate of drug-likeness (QED) is 0.295. The molecule has 4 heterocycles. The van der Waals surface area contributed by atoms with E-state index < -0.39 is 6.04 Å². The van der Waals surface area contributed by atoms with Gasteiger partial charge in [-0.2, -0.15) is 0 Å². The largest absolute Gasteiger partial charge is 0.378 e. The molecule has 2 atom stereocenters. The molecule has 9 heteroatoms. The lowest BCUT2D eigenvalue weighted by Gasteiger charge is -2.43. The molecule has 2 saturated heterocycles. The third-order valence-corrected chi connectivity index (χ3v) is 8.96. The van der Waals surface area contributed by atoms with Crippen LogP contribution in [-0.4, -0.2) is 84.6 Å². The number of pyridine rings is 1. The monoisotopic (exact) mass is 620 g/mol. The minimum absolute atomic E-state index is 0.00230. The highest BCUT2D eigenvalue weighted by Crippen LogP contribution is 2.42. The number of amides is 1. The number of carbonyl (C=O) groups excluding carboxylic acids is 1. The molecular formula is C36H56N6O3. The molecule has 2 fully saturated rings. The number of ether oxygens (including phenoxy) is 2. The number of morpholine rings is 1. The number of hydrogen-bond acceptors (Lipinski definition) is 7. The first kappa shape index (κ1) is 34.9. The Kier molecular flexibility index (Phi) is 12.0. The van der Waals surface area contributed by atoms with E-state index in [-0.39, 0.29) is 17.4 Å². The molecule has 45 heavy (non-hydrogen) atoms. The zero-order valence-corrected chi connectivity index (χ0v) is 28.9. The number of anilines is 1. The topological polar surface area (TPSA) is 89.1 Å². The van der Waals surface area contributed by atoms with Crippen LogP contribution in [0.2, 0.25) is 0 Å². The Labute approximate surface area is 270 Å². The summed E-state index contributed by atoms with van der Waals surface area (Å²) in [6.07, 6.45) is 4.64. The van der Waals surface area contributed by atoms with Gasteiger partial charge in [-0.05, 0) is 81.3 Å². The second-order valence-corrected chi connectivity index (χ2v) is 12.9. The predicted octanol–water partition coefficient (Wildman–Crippen LogP) is 6.05. The maximum Gasteiger partial charge on any atom is 0.253 e. The Morgan fingerprint density at radius 3 is 2.47 bits per heavy atom. The van der Waals surface area contributed by atoms with Crippen molar-refractivity contribution in [2.24, 2.45) is 11.1 Å². The van der Waals surface area contributed by atoms with Crippen molar-refractivity contribution in [3.05, 3.63) is 47.8 Å². The van der Waals surface area contributed by atoms with Gasteiger partial charge in [0.25, 0.3) is 5.91 Å². The summed E-state index contributed by atoms with van der Waals surface area (Å²) >= 11 is 0. The van der Waals surface area contributed by atoms with Crippen molar-refractivity contribution in [3.63, 3.8) is 0 Å². The van der Waals surface area contributed by atoms with Crippen LogP contribution in [0.1, 0.15) is 78.7 Å². The van der Waals surface area contributed by atoms with Crippen LogP contribution in [0.5, 0.6) is 0 Å². The van der Waals surface area contributed by atoms with E-state index in [2.05, 4.69) is 66.4 Å². The van der Waals surface area contributed by atoms with Crippen LogP contribution < -0.4 is 10.6 Å². The molecule has 3 aromatic rings. The zero-order valence-electron chi connectivity index (χ0n) is 28.9. The molecule has 2 N–H and O–H groups in total. The van der Waals surface area contributed by atoms with Crippen molar-refractivity contribution in [1.29, 1.82) is 0 Å². The average Bonchev–Trinajstić information content (AvgIpc) is 3.36. The number of fused-ring (bicyclic) bond motifs is 1. The first-order valence-electron chi connectivity index (χ1n) is 16.9. The highest BCUT2D eigenvalue weighted by molar-refractivity contribution is 5.94. The molecule has 0 spiro atoms. The van der Waals surface area contributed by atoms with E-state index >= 15 is 0 Å². The smallest absolute Gasteiger partial charge is 0.253 e. The van der Waals surface area contributed by atoms with Crippen LogP contribution in [0.25, 0.3) is 22.2 Å². The Balaban J connectivity index is 0.00000226. The van der Waals surface area contributed by atoms with Gasteiger partial charge in [-0.1, -0.05) is 27.7 Å². The fraction of sp³-hybridized carbons (Fsp3) is 0.611. The van der Waals surface area contributed by atoms with Gasteiger partial charge >= 0.3 is 0 Å². The number of nitrogens with two attached hydrogens (primary N) is 1. The molecule has 2 aromatic heterocycles. The van der Waals surface area contributed by atoms with E-state index in [1.54, 1.807) is 14.0 Å². The molecule has 0 bridgehead atoms. The molecule has 0 radical (unpaired) electrons. The van der Waals surface area contributed by atoms with E-state index in [0.717, 1.165) is 83.0 Å². The Hall–Kier alpha value is -2.98. The van der Waals surface area contributed by atoms with Gasteiger partial charge in [0.1, 0.15) is 0 Å². The van der Waals surface area contributed by atoms with E-state index in [9.17, 15) is 4.79 Å². The predicted molar refractivity (Wildman–Crippen MR) is 184 cm³/mol. The highest BCUT2D eigenvalue weighted by Gasteiger charge is 2.34. The number of aromatic nitrogens is 2. The van der Waals surface area contributed by atoms with Gasteiger partial charge in [-0.3, -0.25) is 14.8 Å². The van der Waals surface area contributed by atoms with Crippen LogP contribution >= 0.6 is 0 Å². The molecular weight excluding hydrogens is 564 g/mol. The Morgan fingerprint density at radius 2 is 1.80 bits per heavy atom. The molecule has 5 rings (SSSR count). The number of carbonyl (C=O) groups is 1. The van der Waals surface area contributed by atoms with Gasteiger partial charge in [0.05, 0.1) is 36.7 Å². The summed E-state index contributed by atoms with van der Waals surface area (Å²) in [7, 11) is 1.74. The fourth-order valence-electron chi connectivity index (χ4n) is 6.79. The first-order chi connectivity index (χ1) is 21.6.